The predicted octanol–water partition coefficient (Wildman–Crippen LogP) is 2.63. The molecule has 0 fully saturated rings. The van der Waals surface area contributed by atoms with Crippen LogP contribution in [0.5, 0.6) is 0 Å². The third-order valence-corrected chi connectivity index (χ3v) is 4.83. The first-order chi connectivity index (χ1) is 13.1. The highest BCUT2D eigenvalue weighted by molar-refractivity contribution is 7.16. The molecule has 1 aromatic carbocycles. The Hall–Kier alpha value is -3.00. The number of hydrogen-bond donors (Lipinski definition) is 2. The molecule has 27 heavy (non-hydrogen) atoms. The summed E-state index contributed by atoms with van der Waals surface area (Å²) in [5.74, 6) is -0.501. The Morgan fingerprint density at radius 2 is 2.04 bits per heavy atom. The van der Waals surface area contributed by atoms with Crippen molar-refractivity contribution in [2.24, 2.45) is 0 Å². The van der Waals surface area contributed by atoms with E-state index in [2.05, 4.69) is 15.6 Å². The number of thiophene rings is 1. The number of amides is 2. The summed E-state index contributed by atoms with van der Waals surface area (Å²) in [7, 11) is 0. The molecule has 0 aliphatic rings. The van der Waals surface area contributed by atoms with E-state index in [4.69, 9.17) is 0 Å². The van der Waals surface area contributed by atoms with Gasteiger partial charge in [0.2, 0.25) is 5.91 Å². The van der Waals surface area contributed by atoms with Gasteiger partial charge in [0.15, 0.2) is 0 Å². The molecule has 0 spiro atoms. The zero-order chi connectivity index (χ0) is 19.2. The number of rotatable bonds is 7. The van der Waals surface area contributed by atoms with Gasteiger partial charge in [0.05, 0.1) is 23.0 Å². The van der Waals surface area contributed by atoms with E-state index < -0.39 is 0 Å². The van der Waals surface area contributed by atoms with Crippen molar-refractivity contribution in [1.29, 1.82) is 0 Å². The molecule has 7 nitrogen and oxygen atoms in total. The first-order valence-corrected chi connectivity index (χ1v) is 9.58. The Kier molecular flexibility index (Phi) is 5.97. The SMILES string of the molecule is CCCNC(=O)c1ccccc1NC(=O)CCn1cnc2sccc2c1=O. The third-order valence-electron chi connectivity index (χ3n) is 4.01. The molecule has 140 valence electrons. The number of hydrogen-bond acceptors (Lipinski definition) is 5. The van der Waals surface area contributed by atoms with Crippen LogP contribution in [0.4, 0.5) is 5.69 Å². The van der Waals surface area contributed by atoms with Crippen LogP contribution in [0.15, 0.2) is 46.8 Å². The second kappa shape index (κ2) is 8.59. The number of benzene rings is 1. The molecule has 3 rings (SSSR count). The maximum Gasteiger partial charge on any atom is 0.262 e. The zero-order valence-electron chi connectivity index (χ0n) is 14.9. The summed E-state index contributed by atoms with van der Waals surface area (Å²) >= 11 is 1.40. The van der Waals surface area contributed by atoms with Crippen LogP contribution in [0.25, 0.3) is 10.2 Å². The summed E-state index contributed by atoms with van der Waals surface area (Å²) in [5.41, 5.74) is 0.709. The van der Waals surface area contributed by atoms with E-state index in [0.717, 1.165) is 6.42 Å². The molecule has 0 aliphatic heterocycles. The molecule has 0 atom stereocenters. The molecular formula is C19H20N4O3S. The maximum absolute atomic E-state index is 12.3. The van der Waals surface area contributed by atoms with E-state index in [9.17, 15) is 14.4 Å². The lowest BCUT2D eigenvalue weighted by atomic mass is 10.1. The first kappa shape index (κ1) is 18.8. The van der Waals surface area contributed by atoms with Crippen molar-refractivity contribution >= 4 is 39.1 Å². The molecule has 0 saturated heterocycles. The zero-order valence-corrected chi connectivity index (χ0v) is 15.7. The molecule has 0 unspecified atom stereocenters. The number of carbonyl (C=O) groups is 2. The molecule has 2 aromatic heterocycles. The topological polar surface area (TPSA) is 93.1 Å². The minimum absolute atomic E-state index is 0.0993. The van der Waals surface area contributed by atoms with Crippen molar-refractivity contribution in [3.05, 3.63) is 58.0 Å². The lowest BCUT2D eigenvalue weighted by Gasteiger charge is -2.11. The number of para-hydroxylation sites is 1. The summed E-state index contributed by atoms with van der Waals surface area (Å²) in [6.45, 7) is 2.76. The molecule has 0 bridgehead atoms. The van der Waals surface area contributed by atoms with E-state index in [1.54, 1.807) is 30.3 Å². The van der Waals surface area contributed by atoms with Crippen LogP contribution >= 0.6 is 11.3 Å². The molecule has 8 heteroatoms. The minimum atomic E-state index is -0.275. The van der Waals surface area contributed by atoms with Crippen LogP contribution in [0.1, 0.15) is 30.1 Å². The van der Waals surface area contributed by atoms with E-state index in [1.807, 2.05) is 12.3 Å². The molecule has 2 heterocycles. The average molecular weight is 384 g/mol. The van der Waals surface area contributed by atoms with Crippen LogP contribution in [0.2, 0.25) is 0 Å². The van der Waals surface area contributed by atoms with Gasteiger partial charge in [-0.2, -0.15) is 0 Å². The fraction of sp³-hybridized carbons (Fsp3) is 0.263. The fourth-order valence-corrected chi connectivity index (χ4v) is 3.33. The molecular weight excluding hydrogens is 364 g/mol. The van der Waals surface area contributed by atoms with E-state index in [0.29, 0.717) is 28.0 Å². The summed E-state index contributed by atoms with van der Waals surface area (Å²) < 4.78 is 1.43. The van der Waals surface area contributed by atoms with Gasteiger partial charge in [0.25, 0.3) is 11.5 Å². The molecule has 2 amide bonds. The van der Waals surface area contributed by atoms with Gasteiger partial charge < -0.3 is 10.6 Å². The smallest absolute Gasteiger partial charge is 0.262 e. The van der Waals surface area contributed by atoms with Gasteiger partial charge in [-0.3, -0.25) is 19.0 Å². The van der Waals surface area contributed by atoms with Crippen LogP contribution in [-0.2, 0) is 11.3 Å². The number of aromatic nitrogens is 2. The standard InChI is InChI=1S/C19H20N4O3S/c1-2-9-20-17(25)13-5-3-4-6-15(13)22-16(24)7-10-23-12-21-18-14(19(23)26)8-11-27-18/h3-6,8,11-12H,2,7,9-10H2,1H3,(H,20,25)(H,22,24). The van der Waals surface area contributed by atoms with Crippen molar-refractivity contribution in [1.82, 2.24) is 14.9 Å². The Bertz CT molecular complexity index is 1020. The summed E-state index contributed by atoms with van der Waals surface area (Å²) in [4.78, 5) is 41.8. The van der Waals surface area contributed by atoms with Crippen LogP contribution < -0.4 is 16.2 Å². The van der Waals surface area contributed by atoms with Gasteiger partial charge in [-0.25, -0.2) is 4.98 Å². The van der Waals surface area contributed by atoms with E-state index in [1.165, 1.54) is 22.2 Å². The van der Waals surface area contributed by atoms with Crippen molar-refractivity contribution in [3.63, 3.8) is 0 Å². The maximum atomic E-state index is 12.3. The first-order valence-electron chi connectivity index (χ1n) is 8.70. The normalized spacial score (nSPS) is 10.7. The predicted molar refractivity (Wildman–Crippen MR) is 106 cm³/mol. The third kappa shape index (κ3) is 4.40. The summed E-state index contributed by atoms with van der Waals surface area (Å²) in [6.07, 6.45) is 2.39. The van der Waals surface area contributed by atoms with Crippen molar-refractivity contribution < 1.29 is 9.59 Å². The quantitative estimate of drug-likeness (QED) is 0.655. The molecule has 0 saturated carbocycles. The number of nitrogens with one attached hydrogen (secondary N) is 2. The number of nitrogens with zero attached hydrogens (tertiary/aromatic N) is 2. The van der Waals surface area contributed by atoms with E-state index >= 15 is 0 Å². The van der Waals surface area contributed by atoms with Crippen LogP contribution in [0.3, 0.4) is 0 Å². The second-order valence-corrected chi connectivity index (χ2v) is 6.88. The average Bonchev–Trinajstić information content (AvgIpc) is 3.15. The number of anilines is 1. The Balaban J connectivity index is 1.66. The van der Waals surface area contributed by atoms with Gasteiger partial charge in [0, 0.05) is 19.5 Å². The Morgan fingerprint density at radius 1 is 1.22 bits per heavy atom. The number of fused-ring (bicyclic) bond motifs is 1. The largest absolute Gasteiger partial charge is 0.352 e. The monoisotopic (exact) mass is 384 g/mol. The molecule has 0 aliphatic carbocycles. The molecule has 3 aromatic rings. The van der Waals surface area contributed by atoms with Crippen LogP contribution in [-0.4, -0.2) is 27.9 Å². The van der Waals surface area contributed by atoms with Gasteiger partial charge in [-0.15, -0.1) is 11.3 Å². The Labute approximate surface area is 160 Å². The minimum Gasteiger partial charge on any atom is -0.352 e. The van der Waals surface area contributed by atoms with Gasteiger partial charge in [0.1, 0.15) is 4.83 Å². The summed E-state index contributed by atoms with van der Waals surface area (Å²) in [6, 6.07) is 8.59. The second-order valence-electron chi connectivity index (χ2n) is 5.98. The highest BCUT2D eigenvalue weighted by atomic mass is 32.1. The Morgan fingerprint density at radius 3 is 2.85 bits per heavy atom. The lowest BCUT2D eigenvalue weighted by molar-refractivity contribution is -0.116. The van der Waals surface area contributed by atoms with Crippen molar-refractivity contribution in [2.75, 3.05) is 11.9 Å². The van der Waals surface area contributed by atoms with Crippen molar-refractivity contribution in [3.8, 4) is 0 Å². The van der Waals surface area contributed by atoms with Gasteiger partial charge >= 0.3 is 0 Å². The number of aryl methyl sites for hydroxylation is 1. The lowest BCUT2D eigenvalue weighted by Crippen LogP contribution is -2.26. The number of carbonyl (C=O) groups excluding carboxylic acids is 2. The van der Waals surface area contributed by atoms with Gasteiger partial charge in [-0.05, 0) is 30.0 Å². The molecule has 2 N–H and O–H groups in total. The van der Waals surface area contributed by atoms with Crippen molar-refractivity contribution in [2.45, 2.75) is 26.3 Å². The van der Waals surface area contributed by atoms with E-state index in [-0.39, 0.29) is 30.3 Å². The van der Waals surface area contributed by atoms with Crippen LogP contribution in [0, 0.1) is 0 Å². The molecule has 0 radical (unpaired) electrons. The highest BCUT2D eigenvalue weighted by Crippen LogP contribution is 2.16. The van der Waals surface area contributed by atoms with Gasteiger partial charge in [-0.1, -0.05) is 19.1 Å². The fourth-order valence-electron chi connectivity index (χ4n) is 2.61. The highest BCUT2D eigenvalue weighted by Gasteiger charge is 2.13. The summed E-state index contributed by atoms with van der Waals surface area (Å²) in [5, 5.41) is 7.93.